The fourth-order valence-electron chi connectivity index (χ4n) is 0.903. The van der Waals surface area contributed by atoms with E-state index in [1.165, 1.54) is 14.2 Å². The Balaban J connectivity index is 3.89. The van der Waals surface area contributed by atoms with Crippen molar-refractivity contribution >= 4 is 17.6 Å². The molecule has 0 aliphatic heterocycles. The highest BCUT2D eigenvalue weighted by Crippen LogP contribution is 1.87. The van der Waals surface area contributed by atoms with Crippen molar-refractivity contribution in [2.75, 3.05) is 27.3 Å². The number of Topliss-reactive ketones (excluding diaryl/α,β-unsaturated/α-hetero) is 1. The third kappa shape index (κ3) is 6.64. The topological polar surface area (TPSA) is 93.7 Å². The Labute approximate surface area is 99.8 Å². The molecule has 7 heteroatoms. The first-order valence-corrected chi connectivity index (χ1v) is 5.18. The Bertz CT molecular complexity index is 276. The summed E-state index contributed by atoms with van der Waals surface area (Å²) < 4.78 is 9.64. The summed E-state index contributed by atoms with van der Waals surface area (Å²) in [4.78, 5) is 33.3. The molecule has 0 saturated carbocycles. The summed E-state index contributed by atoms with van der Waals surface area (Å²) in [6, 6.07) is 0. The number of hydrogen-bond acceptors (Lipinski definition) is 5. The van der Waals surface area contributed by atoms with Crippen molar-refractivity contribution in [2.45, 2.75) is 19.6 Å². The number of carbonyl (C=O) groups excluding carboxylic acids is 3. The van der Waals surface area contributed by atoms with Crippen LogP contribution in [0.4, 0.5) is 0 Å². The van der Waals surface area contributed by atoms with Gasteiger partial charge in [0.1, 0.15) is 0 Å². The smallest absolute Gasteiger partial charge is 0.309 e. The molecular formula is C10H18N2O5. The maximum absolute atomic E-state index is 11.2. The van der Waals surface area contributed by atoms with Gasteiger partial charge in [-0.3, -0.25) is 14.4 Å². The molecule has 17 heavy (non-hydrogen) atoms. The minimum Gasteiger partial charge on any atom is -0.354 e. The normalized spacial score (nSPS) is 10.1. The minimum atomic E-state index is -0.849. The highest BCUT2D eigenvalue weighted by atomic mass is 16.7. The third-order valence-electron chi connectivity index (χ3n) is 2.00. The van der Waals surface area contributed by atoms with E-state index in [4.69, 9.17) is 9.47 Å². The van der Waals surface area contributed by atoms with Crippen LogP contribution in [-0.4, -0.2) is 51.2 Å². The predicted octanol–water partition coefficient (Wildman–Crippen LogP) is -1.18. The average molecular weight is 246 g/mol. The second-order valence-corrected chi connectivity index (χ2v) is 3.19. The van der Waals surface area contributed by atoms with E-state index in [1.807, 2.05) is 0 Å². The first kappa shape index (κ1) is 15.5. The molecule has 0 aliphatic carbocycles. The number of methoxy groups -OCH3 is 2. The second kappa shape index (κ2) is 8.66. The molecule has 0 heterocycles. The summed E-state index contributed by atoms with van der Waals surface area (Å²) in [6.45, 7) is 1.60. The Hall–Kier alpha value is -1.47. The van der Waals surface area contributed by atoms with Gasteiger partial charge in [-0.25, -0.2) is 0 Å². The van der Waals surface area contributed by atoms with E-state index in [0.29, 0.717) is 6.42 Å². The summed E-state index contributed by atoms with van der Waals surface area (Å²) in [5.74, 6) is -1.82. The largest absolute Gasteiger partial charge is 0.354 e. The van der Waals surface area contributed by atoms with E-state index in [9.17, 15) is 14.4 Å². The Kier molecular flexibility index (Phi) is 7.91. The van der Waals surface area contributed by atoms with Crippen molar-refractivity contribution in [1.29, 1.82) is 0 Å². The van der Waals surface area contributed by atoms with E-state index in [1.54, 1.807) is 6.92 Å². The van der Waals surface area contributed by atoms with Crippen LogP contribution >= 0.6 is 0 Å². The number of ketones is 1. The molecule has 0 spiro atoms. The summed E-state index contributed by atoms with van der Waals surface area (Å²) in [5.41, 5.74) is 0. The van der Waals surface area contributed by atoms with Gasteiger partial charge in [-0.05, 0) is 0 Å². The molecule has 0 bridgehead atoms. The number of ether oxygens (including phenoxy) is 2. The molecule has 98 valence electrons. The van der Waals surface area contributed by atoms with Gasteiger partial charge < -0.3 is 20.1 Å². The van der Waals surface area contributed by atoms with E-state index >= 15 is 0 Å². The molecule has 0 aromatic heterocycles. The zero-order chi connectivity index (χ0) is 13.3. The van der Waals surface area contributed by atoms with Crippen molar-refractivity contribution in [2.24, 2.45) is 0 Å². The van der Waals surface area contributed by atoms with Gasteiger partial charge in [-0.2, -0.15) is 0 Å². The van der Waals surface area contributed by atoms with Crippen LogP contribution in [-0.2, 0) is 23.9 Å². The molecule has 0 unspecified atom stereocenters. The number of nitrogens with one attached hydrogen (secondary N) is 2. The molecule has 0 atom stereocenters. The van der Waals surface area contributed by atoms with Crippen LogP contribution < -0.4 is 10.6 Å². The van der Waals surface area contributed by atoms with Crippen LogP contribution in [0.3, 0.4) is 0 Å². The van der Waals surface area contributed by atoms with Gasteiger partial charge in [-0.1, -0.05) is 6.92 Å². The summed E-state index contributed by atoms with van der Waals surface area (Å²) in [5, 5.41) is 4.52. The highest BCUT2D eigenvalue weighted by Gasteiger charge is 2.15. The number of hydrogen-bond donors (Lipinski definition) is 2. The Morgan fingerprint density at radius 1 is 1.06 bits per heavy atom. The van der Waals surface area contributed by atoms with Gasteiger partial charge in [0, 0.05) is 20.6 Å². The van der Waals surface area contributed by atoms with Crippen LogP contribution in [0.1, 0.15) is 13.3 Å². The standard InChI is InChI=1S/C10H18N2O5/c1-4-7(13)5-11-9(14)10(15)12-6-8(16-2)17-3/h8H,4-6H2,1-3H3,(H,11,14)(H,12,15). The zero-order valence-corrected chi connectivity index (χ0v) is 10.2. The van der Waals surface area contributed by atoms with Crippen LogP contribution in [0.15, 0.2) is 0 Å². The van der Waals surface area contributed by atoms with Gasteiger partial charge in [0.15, 0.2) is 12.1 Å². The molecular weight excluding hydrogens is 228 g/mol. The number of amides is 2. The molecule has 0 fully saturated rings. The summed E-state index contributed by atoms with van der Waals surface area (Å²) >= 11 is 0. The van der Waals surface area contributed by atoms with Crippen molar-refractivity contribution < 1.29 is 23.9 Å². The SMILES string of the molecule is CCC(=O)CNC(=O)C(=O)NCC(OC)OC. The molecule has 0 aromatic carbocycles. The summed E-state index contributed by atoms with van der Waals surface area (Å²) in [6.07, 6.45) is -0.291. The number of rotatable bonds is 7. The Morgan fingerprint density at radius 2 is 1.59 bits per heavy atom. The van der Waals surface area contributed by atoms with Gasteiger partial charge in [0.2, 0.25) is 0 Å². The Morgan fingerprint density at radius 3 is 2.06 bits per heavy atom. The quantitative estimate of drug-likeness (QED) is 0.435. The second-order valence-electron chi connectivity index (χ2n) is 3.19. The van der Waals surface area contributed by atoms with Crippen LogP contribution in [0.5, 0.6) is 0 Å². The fraction of sp³-hybridized carbons (Fsp3) is 0.700. The average Bonchev–Trinajstić information content (AvgIpc) is 2.36. The number of carbonyl (C=O) groups is 3. The van der Waals surface area contributed by atoms with E-state index in [-0.39, 0.29) is 18.9 Å². The van der Waals surface area contributed by atoms with Gasteiger partial charge >= 0.3 is 11.8 Å². The highest BCUT2D eigenvalue weighted by molar-refractivity contribution is 6.35. The van der Waals surface area contributed by atoms with Gasteiger partial charge in [-0.15, -0.1) is 0 Å². The molecule has 2 amide bonds. The lowest BCUT2D eigenvalue weighted by Gasteiger charge is -2.13. The van der Waals surface area contributed by atoms with Crippen molar-refractivity contribution in [3.8, 4) is 0 Å². The van der Waals surface area contributed by atoms with Crippen molar-refractivity contribution in [3.05, 3.63) is 0 Å². The maximum atomic E-state index is 11.2. The first-order chi connectivity index (χ1) is 8.04. The first-order valence-electron chi connectivity index (χ1n) is 5.18. The van der Waals surface area contributed by atoms with Gasteiger partial charge in [0.25, 0.3) is 0 Å². The zero-order valence-electron chi connectivity index (χ0n) is 10.2. The molecule has 0 radical (unpaired) electrons. The maximum Gasteiger partial charge on any atom is 0.309 e. The van der Waals surface area contributed by atoms with E-state index < -0.39 is 18.1 Å². The van der Waals surface area contributed by atoms with E-state index in [2.05, 4.69) is 10.6 Å². The van der Waals surface area contributed by atoms with E-state index in [0.717, 1.165) is 0 Å². The molecule has 0 rings (SSSR count). The van der Waals surface area contributed by atoms with Crippen LogP contribution in [0.2, 0.25) is 0 Å². The molecule has 0 aliphatic rings. The molecule has 7 nitrogen and oxygen atoms in total. The monoisotopic (exact) mass is 246 g/mol. The van der Waals surface area contributed by atoms with Crippen molar-refractivity contribution in [1.82, 2.24) is 10.6 Å². The van der Waals surface area contributed by atoms with Gasteiger partial charge in [0.05, 0.1) is 13.1 Å². The summed E-state index contributed by atoms with van der Waals surface area (Å²) in [7, 11) is 2.83. The lowest BCUT2D eigenvalue weighted by Crippen LogP contribution is -2.44. The van der Waals surface area contributed by atoms with Crippen LogP contribution in [0.25, 0.3) is 0 Å². The van der Waals surface area contributed by atoms with Crippen LogP contribution in [0, 0.1) is 0 Å². The third-order valence-corrected chi connectivity index (χ3v) is 2.00. The fourth-order valence-corrected chi connectivity index (χ4v) is 0.903. The minimum absolute atomic E-state index is 0.0565. The predicted molar refractivity (Wildman–Crippen MR) is 59.1 cm³/mol. The lowest BCUT2D eigenvalue weighted by molar-refractivity contribution is -0.142. The lowest BCUT2D eigenvalue weighted by atomic mass is 10.3. The van der Waals surface area contributed by atoms with Crippen molar-refractivity contribution in [3.63, 3.8) is 0 Å². The molecule has 0 saturated heterocycles. The molecule has 2 N–H and O–H groups in total. The molecule has 0 aromatic rings.